The summed E-state index contributed by atoms with van der Waals surface area (Å²) >= 11 is 0. The van der Waals surface area contributed by atoms with Crippen molar-refractivity contribution >= 4 is 35.8 Å². The molecule has 2 aliphatic rings. The van der Waals surface area contributed by atoms with Crippen molar-refractivity contribution in [3.05, 3.63) is 35.9 Å². The molecule has 1 amide bonds. The standard InChI is InChI=1S/C22H34N4O3.HI/c1-2-23-21(25-17-22(28)9-12-29-13-10-22)24-15-19-14-20(27)26(16-19)11-8-18-6-4-3-5-7-18;/h3-7,19,28H,2,8-17H2,1H3,(H2,23,24,25);1H. The minimum Gasteiger partial charge on any atom is -0.388 e. The molecule has 1 aromatic carbocycles. The predicted molar refractivity (Wildman–Crippen MR) is 129 cm³/mol. The molecule has 2 saturated heterocycles. The average Bonchev–Trinajstić information content (AvgIpc) is 3.09. The van der Waals surface area contributed by atoms with Gasteiger partial charge in [-0.05, 0) is 18.9 Å². The van der Waals surface area contributed by atoms with Gasteiger partial charge in [0.2, 0.25) is 5.91 Å². The van der Waals surface area contributed by atoms with E-state index in [2.05, 4.69) is 27.8 Å². The van der Waals surface area contributed by atoms with Gasteiger partial charge >= 0.3 is 0 Å². The average molecular weight is 530 g/mol. The van der Waals surface area contributed by atoms with E-state index in [1.807, 2.05) is 30.0 Å². The van der Waals surface area contributed by atoms with Crippen molar-refractivity contribution in [2.75, 3.05) is 45.9 Å². The number of hydrogen-bond donors (Lipinski definition) is 3. The van der Waals surface area contributed by atoms with Crippen molar-refractivity contribution in [1.29, 1.82) is 0 Å². The number of aliphatic imine (C=N–C) groups is 1. The lowest BCUT2D eigenvalue weighted by Gasteiger charge is -2.30. The minimum absolute atomic E-state index is 0. The number of aliphatic hydroxyl groups is 1. The van der Waals surface area contributed by atoms with Gasteiger partial charge in [-0.25, -0.2) is 0 Å². The molecule has 2 fully saturated rings. The predicted octanol–water partition coefficient (Wildman–Crippen LogP) is 1.79. The van der Waals surface area contributed by atoms with Crippen LogP contribution in [0.2, 0.25) is 0 Å². The smallest absolute Gasteiger partial charge is 0.223 e. The highest BCUT2D eigenvalue weighted by Gasteiger charge is 2.31. The second-order valence-electron chi connectivity index (χ2n) is 8.06. The number of nitrogens with zero attached hydrogens (tertiary/aromatic N) is 2. The number of halogens is 1. The molecule has 0 aromatic heterocycles. The molecule has 0 aliphatic carbocycles. The normalized spacial score (nSPS) is 21.3. The Morgan fingerprint density at radius 2 is 2.00 bits per heavy atom. The molecule has 3 rings (SSSR count). The minimum atomic E-state index is -0.780. The summed E-state index contributed by atoms with van der Waals surface area (Å²) in [6.07, 6.45) is 2.69. The van der Waals surface area contributed by atoms with Gasteiger partial charge in [-0.1, -0.05) is 30.3 Å². The van der Waals surface area contributed by atoms with Crippen molar-refractivity contribution in [2.24, 2.45) is 10.9 Å². The Hall–Kier alpha value is -1.39. The zero-order valence-corrected chi connectivity index (χ0v) is 20.1. The van der Waals surface area contributed by atoms with Crippen LogP contribution in [0, 0.1) is 5.92 Å². The number of ether oxygens (including phenoxy) is 1. The van der Waals surface area contributed by atoms with Gasteiger partial charge in [0, 0.05) is 64.6 Å². The van der Waals surface area contributed by atoms with Gasteiger partial charge in [0.1, 0.15) is 0 Å². The Labute approximate surface area is 196 Å². The van der Waals surface area contributed by atoms with Crippen LogP contribution in [0.15, 0.2) is 35.3 Å². The van der Waals surface area contributed by atoms with E-state index in [4.69, 9.17) is 4.74 Å². The number of guanidine groups is 1. The van der Waals surface area contributed by atoms with Crippen LogP contribution in [0.5, 0.6) is 0 Å². The fraction of sp³-hybridized carbons (Fsp3) is 0.636. The summed E-state index contributed by atoms with van der Waals surface area (Å²) in [6.45, 7) is 6.53. The number of amides is 1. The lowest BCUT2D eigenvalue weighted by Crippen LogP contribution is -2.43. The van der Waals surface area contributed by atoms with Crippen molar-refractivity contribution in [2.45, 2.75) is 38.2 Å². The van der Waals surface area contributed by atoms with Crippen LogP contribution < -0.4 is 10.6 Å². The van der Waals surface area contributed by atoms with Crippen LogP contribution in [0.25, 0.3) is 0 Å². The van der Waals surface area contributed by atoms with Crippen LogP contribution in [0.3, 0.4) is 0 Å². The number of carbonyl (C=O) groups excluding carboxylic acids is 1. The third kappa shape index (κ3) is 7.70. The maximum Gasteiger partial charge on any atom is 0.223 e. The van der Waals surface area contributed by atoms with E-state index in [9.17, 15) is 9.90 Å². The summed E-state index contributed by atoms with van der Waals surface area (Å²) in [6, 6.07) is 10.3. The van der Waals surface area contributed by atoms with E-state index in [1.54, 1.807) is 0 Å². The topological polar surface area (TPSA) is 86.2 Å². The summed E-state index contributed by atoms with van der Waals surface area (Å²) in [5.74, 6) is 1.20. The third-order valence-corrected chi connectivity index (χ3v) is 5.67. The van der Waals surface area contributed by atoms with Gasteiger partial charge in [0.15, 0.2) is 5.96 Å². The fourth-order valence-electron chi connectivity index (χ4n) is 3.83. The molecule has 2 heterocycles. The van der Waals surface area contributed by atoms with Crippen molar-refractivity contribution in [3.63, 3.8) is 0 Å². The number of benzene rings is 1. The first kappa shape index (κ1) is 24.9. The van der Waals surface area contributed by atoms with E-state index in [1.165, 1.54) is 5.56 Å². The van der Waals surface area contributed by atoms with Gasteiger partial charge < -0.3 is 25.4 Å². The van der Waals surface area contributed by atoms with E-state index < -0.39 is 5.60 Å². The van der Waals surface area contributed by atoms with Crippen LogP contribution in [-0.4, -0.2) is 73.4 Å². The van der Waals surface area contributed by atoms with E-state index >= 15 is 0 Å². The van der Waals surface area contributed by atoms with E-state index in [-0.39, 0.29) is 35.8 Å². The molecular formula is C22H35IN4O3. The Kier molecular flexibility index (Phi) is 10.3. The highest BCUT2D eigenvalue weighted by atomic mass is 127. The van der Waals surface area contributed by atoms with Crippen LogP contribution in [0.4, 0.5) is 0 Å². The zero-order valence-electron chi connectivity index (χ0n) is 17.8. The molecule has 1 atom stereocenters. The third-order valence-electron chi connectivity index (χ3n) is 5.67. The highest BCUT2D eigenvalue weighted by molar-refractivity contribution is 14.0. The molecule has 1 aromatic rings. The first-order valence-corrected chi connectivity index (χ1v) is 10.7. The molecule has 3 N–H and O–H groups in total. The molecular weight excluding hydrogens is 495 g/mol. The molecule has 1 unspecified atom stereocenters. The summed E-state index contributed by atoms with van der Waals surface area (Å²) in [5.41, 5.74) is 0.479. The van der Waals surface area contributed by atoms with Gasteiger partial charge in [0.25, 0.3) is 0 Å². The maximum atomic E-state index is 12.4. The fourth-order valence-corrected chi connectivity index (χ4v) is 3.83. The lowest BCUT2D eigenvalue weighted by molar-refractivity contribution is -0.127. The number of nitrogens with one attached hydrogen (secondary N) is 2. The number of rotatable bonds is 8. The molecule has 0 saturated carbocycles. The second kappa shape index (κ2) is 12.5. The maximum absolute atomic E-state index is 12.4. The van der Waals surface area contributed by atoms with Crippen LogP contribution >= 0.6 is 24.0 Å². The molecule has 8 heteroatoms. The van der Waals surface area contributed by atoms with Crippen molar-refractivity contribution in [1.82, 2.24) is 15.5 Å². The molecule has 0 spiro atoms. The largest absolute Gasteiger partial charge is 0.388 e. The summed E-state index contributed by atoms with van der Waals surface area (Å²) in [4.78, 5) is 18.9. The monoisotopic (exact) mass is 530 g/mol. The first-order valence-electron chi connectivity index (χ1n) is 10.7. The number of hydrogen-bond acceptors (Lipinski definition) is 4. The molecule has 0 bridgehead atoms. The Morgan fingerprint density at radius 3 is 2.70 bits per heavy atom. The summed E-state index contributed by atoms with van der Waals surface area (Å²) < 4.78 is 5.33. The summed E-state index contributed by atoms with van der Waals surface area (Å²) in [7, 11) is 0. The molecule has 168 valence electrons. The first-order chi connectivity index (χ1) is 14.1. The second-order valence-corrected chi connectivity index (χ2v) is 8.06. The van der Waals surface area contributed by atoms with E-state index in [0.717, 1.165) is 26.1 Å². The number of carbonyl (C=O) groups is 1. The zero-order chi connectivity index (χ0) is 20.5. The molecule has 0 radical (unpaired) electrons. The summed E-state index contributed by atoms with van der Waals surface area (Å²) in [5, 5.41) is 17.2. The highest BCUT2D eigenvalue weighted by Crippen LogP contribution is 2.21. The van der Waals surface area contributed by atoms with Gasteiger partial charge in [-0.15, -0.1) is 24.0 Å². The SMILES string of the molecule is CCNC(=NCC1(O)CCOCC1)NCC1CC(=O)N(CCc2ccccc2)C1.I. The number of likely N-dealkylation sites (tertiary alicyclic amines) is 1. The Balaban J connectivity index is 0.00000320. The van der Waals surface area contributed by atoms with Gasteiger partial charge in [-0.3, -0.25) is 9.79 Å². The Morgan fingerprint density at radius 1 is 1.27 bits per heavy atom. The van der Waals surface area contributed by atoms with Gasteiger partial charge in [-0.2, -0.15) is 0 Å². The van der Waals surface area contributed by atoms with Crippen molar-refractivity contribution in [3.8, 4) is 0 Å². The molecule has 7 nitrogen and oxygen atoms in total. The molecule has 2 aliphatic heterocycles. The lowest BCUT2D eigenvalue weighted by atomic mass is 9.95. The van der Waals surface area contributed by atoms with E-state index in [0.29, 0.717) is 51.5 Å². The van der Waals surface area contributed by atoms with Crippen LogP contribution in [0.1, 0.15) is 31.7 Å². The molecule has 30 heavy (non-hydrogen) atoms. The quantitative estimate of drug-likeness (QED) is 0.271. The van der Waals surface area contributed by atoms with Crippen molar-refractivity contribution < 1.29 is 14.6 Å². The van der Waals surface area contributed by atoms with Gasteiger partial charge in [0.05, 0.1) is 12.1 Å². The Bertz CT molecular complexity index is 680. The van der Waals surface area contributed by atoms with Crippen LogP contribution in [-0.2, 0) is 16.0 Å².